The van der Waals surface area contributed by atoms with Crippen molar-refractivity contribution in [3.63, 3.8) is 0 Å². The number of hydrogen-bond acceptors (Lipinski definition) is 2. The first-order chi connectivity index (χ1) is 8.43. The maximum Gasteiger partial charge on any atom is 0.315 e. The zero-order chi connectivity index (χ0) is 13.7. The van der Waals surface area contributed by atoms with Gasteiger partial charge in [-0.2, -0.15) is 8.78 Å². The first-order valence-electron chi connectivity index (χ1n) is 6.55. The zero-order valence-corrected chi connectivity index (χ0v) is 10.9. The molecule has 0 spiro atoms. The number of amides is 1. The van der Waals surface area contributed by atoms with Gasteiger partial charge in [-0.1, -0.05) is 33.1 Å². The average molecular weight is 261 g/mol. The molecule has 1 amide bonds. The van der Waals surface area contributed by atoms with Crippen LogP contribution in [0.2, 0.25) is 0 Å². The molecule has 0 aromatic carbocycles. The standard InChI is InChI=1S/C13H21F2NO2/c1-8(2)11(17)10(16-13(18)12(14)15)9-6-4-3-5-7-9/h8-10,12H,3-7H2,1-2H3,(H,16,18). The van der Waals surface area contributed by atoms with Crippen LogP contribution in [0.25, 0.3) is 0 Å². The molecule has 1 saturated carbocycles. The van der Waals surface area contributed by atoms with Crippen molar-refractivity contribution in [2.45, 2.75) is 58.4 Å². The number of ketones is 1. The molecule has 104 valence electrons. The number of rotatable bonds is 5. The molecular weight excluding hydrogens is 240 g/mol. The quantitative estimate of drug-likeness (QED) is 0.826. The number of Topliss-reactive ketones (excluding diaryl/α,β-unsaturated/α-hetero) is 1. The van der Waals surface area contributed by atoms with Gasteiger partial charge in [0.05, 0.1) is 6.04 Å². The molecule has 0 aromatic heterocycles. The number of nitrogens with one attached hydrogen (secondary N) is 1. The predicted octanol–water partition coefficient (Wildman–Crippen LogP) is 2.54. The summed E-state index contributed by atoms with van der Waals surface area (Å²) in [4.78, 5) is 23.2. The first kappa shape index (κ1) is 15.1. The van der Waals surface area contributed by atoms with Crippen LogP contribution in [-0.4, -0.2) is 24.2 Å². The molecular formula is C13H21F2NO2. The lowest BCUT2D eigenvalue weighted by atomic mass is 9.80. The van der Waals surface area contributed by atoms with Crippen LogP contribution >= 0.6 is 0 Å². The third-order valence-electron chi connectivity index (χ3n) is 3.49. The minimum Gasteiger partial charge on any atom is -0.341 e. The minimum atomic E-state index is -3.06. The average Bonchev–Trinajstić information content (AvgIpc) is 2.35. The second-order valence-electron chi connectivity index (χ2n) is 5.24. The summed E-state index contributed by atoms with van der Waals surface area (Å²) in [6.07, 6.45) is 1.70. The maximum absolute atomic E-state index is 12.3. The Kier molecular flexibility index (Phi) is 5.69. The number of alkyl halides is 2. The van der Waals surface area contributed by atoms with Crippen LogP contribution in [-0.2, 0) is 9.59 Å². The number of hydrogen-bond donors (Lipinski definition) is 1. The van der Waals surface area contributed by atoms with E-state index in [2.05, 4.69) is 5.32 Å². The summed E-state index contributed by atoms with van der Waals surface area (Å²) in [7, 11) is 0. The van der Waals surface area contributed by atoms with Crippen molar-refractivity contribution in [1.82, 2.24) is 5.32 Å². The van der Waals surface area contributed by atoms with E-state index in [0.717, 1.165) is 32.1 Å². The molecule has 1 atom stereocenters. The molecule has 1 N–H and O–H groups in total. The topological polar surface area (TPSA) is 46.2 Å². The van der Waals surface area contributed by atoms with E-state index in [0.29, 0.717) is 0 Å². The van der Waals surface area contributed by atoms with Crippen LogP contribution in [0, 0.1) is 11.8 Å². The van der Waals surface area contributed by atoms with Gasteiger partial charge in [-0.3, -0.25) is 9.59 Å². The van der Waals surface area contributed by atoms with Crippen molar-refractivity contribution in [3.8, 4) is 0 Å². The van der Waals surface area contributed by atoms with Gasteiger partial charge in [-0.25, -0.2) is 0 Å². The highest BCUT2D eigenvalue weighted by Crippen LogP contribution is 2.28. The molecule has 0 heterocycles. The minimum absolute atomic E-state index is 0.0105. The van der Waals surface area contributed by atoms with Gasteiger partial charge in [0.1, 0.15) is 0 Å². The molecule has 3 nitrogen and oxygen atoms in total. The highest BCUT2D eigenvalue weighted by Gasteiger charge is 2.33. The largest absolute Gasteiger partial charge is 0.341 e. The lowest BCUT2D eigenvalue weighted by Gasteiger charge is -2.30. The maximum atomic E-state index is 12.3. The van der Waals surface area contributed by atoms with E-state index in [1.165, 1.54) is 0 Å². The Balaban J connectivity index is 2.73. The SMILES string of the molecule is CC(C)C(=O)C(NC(=O)C(F)F)C1CCCCC1. The van der Waals surface area contributed by atoms with Crippen molar-refractivity contribution in [2.75, 3.05) is 0 Å². The van der Waals surface area contributed by atoms with Crippen LogP contribution in [0.15, 0.2) is 0 Å². The summed E-state index contributed by atoms with van der Waals surface area (Å²) in [6.45, 7) is 3.46. The lowest BCUT2D eigenvalue weighted by molar-refractivity contribution is -0.137. The summed E-state index contributed by atoms with van der Waals surface area (Å²) in [5.74, 6) is -1.72. The molecule has 0 aliphatic heterocycles. The van der Waals surface area contributed by atoms with Gasteiger partial charge >= 0.3 is 6.43 Å². The fraction of sp³-hybridized carbons (Fsp3) is 0.846. The zero-order valence-electron chi connectivity index (χ0n) is 10.9. The van der Waals surface area contributed by atoms with Crippen molar-refractivity contribution in [2.24, 2.45) is 11.8 Å². The molecule has 5 heteroatoms. The molecule has 1 aliphatic carbocycles. The monoisotopic (exact) mass is 261 g/mol. The van der Waals surface area contributed by atoms with Crippen molar-refractivity contribution in [1.29, 1.82) is 0 Å². The predicted molar refractivity (Wildman–Crippen MR) is 64.4 cm³/mol. The Morgan fingerprint density at radius 3 is 2.11 bits per heavy atom. The van der Waals surface area contributed by atoms with Crippen LogP contribution in [0.3, 0.4) is 0 Å². The summed E-state index contributed by atoms with van der Waals surface area (Å²) in [6, 6.07) is -0.744. The normalized spacial score (nSPS) is 19.0. The van der Waals surface area contributed by atoms with Gasteiger partial charge in [0, 0.05) is 5.92 Å². The first-order valence-corrected chi connectivity index (χ1v) is 6.55. The molecule has 1 aliphatic rings. The summed E-state index contributed by atoms with van der Waals surface area (Å²) in [5, 5.41) is 2.23. The van der Waals surface area contributed by atoms with Gasteiger partial charge in [0.25, 0.3) is 5.91 Å². The fourth-order valence-corrected chi connectivity index (χ4v) is 2.46. The molecule has 0 aromatic rings. The molecule has 1 rings (SSSR count). The fourth-order valence-electron chi connectivity index (χ4n) is 2.46. The molecule has 0 saturated heterocycles. The number of carbonyl (C=O) groups excluding carboxylic acids is 2. The lowest BCUT2D eigenvalue weighted by Crippen LogP contribution is -2.49. The smallest absolute Gasteiger partial charge is 0.315 e. The van der Waals surface area contributed by atoms with Gasteiger partial charge < -0.3 is 5.32 Å². The second kappa shape index (κ2) is 6.81. The molecule has 1 fully saturated rings. The highest BCUT2D eigenvalue weighted by molar-refractivity contribution is 5.91. The summed E-state index contributed by atoms with van der Waals surface area (Å²) in [5.41, 5.74) is 0. The number of halogens is 2. The Hall–Kier alpha value is -1.00. The van der Waals surface area contributed by atoms with E-state index in [1.807, 2.05) is 0 Å². The van der Waals surface area contributed by atoms with Gasteiger partial charge in [-0.15, -0.1) is 0 Å². The van der Waals surface area contributed by atoms with Crippen molar-refractivity contribution < 1.29 is 18.4 Å². The molecule has 0 radical (unpaired) electrons. The van der Waals surface area contributed by atoms with Crippen LogP contribution < -0.4 is 5.32 Å². The van der Waals surface area contributed by atoms with Crippen LogP contribution in [0.5, 0.6) is 0 Å². The van der Waals surface area contributed by atoms with E-state index < -0.39 is 18.4 Å². The van der Waals surface area contributed by atoms with Crippen LogP contribution in [0.4, 0.5) is 8.78 Å². The van der Waals surface area contributed by atoms with E-state index in [9.17, 15) is 18.4 Å². The van der Waals surface area contributed by atoms with E-state index >= 15 is 0 Å². The van der Waals surface area contributed by atoms with Gasteiger partial charge in [0.2, 0.25) is 0 Å². The van der Waals surface area contributed by atoms with E-state index in [1.54, 1.807) is 13.8 Å². The summed E-state index contributed by atoms with van der Waals surface area (Å²) >= 11 is 0. The third-order valence-corrected chi connectivity index (χ3v) is 3.49. The Morgan fingerprint density at radius 2 is 1.67 bits per heavy atom. The molecule has 18 heavy (non-hydrogen) atoms. The third kappa shape index (κ3) is 4.03. The number of carbonyl (C=O) groups is 2. The van der Waals surface area contributed by atoms with E-state index in [4.69, 9.17) is 0 Å². The Bertz CT molecular complexity index is 299. The summed E-state index contributed by atoms with van der Waals surface area (Å²) < 4.78 is 24.6. The molecule has 0 bridgehead atoms. The van der Waals surface area contributed by atoms with Crippen molar-refractivity contribution >= 4 is 11.7 Å². The van der Waals surface area contributed by atoms with E-state index in [-0.39, 0.29) is 17.6 Å². The Morgan fingerprint density at radius 1 is 1.11 bits per heavy atom. The molecule has 1 unspecified atom stereocenters. The Labute approximate surface area is 106 Å². The highest BCUT2D eigenvalue weighted by atomic mass is 19.3. The van der Waals surface area contributed by atoms with Gasteiger partial charge in [0.15, 0.2) is 5.78 Å². The van der Waals surface area contributed by atoms with Crippen molar-refractivity contribution in [3.05, 3.63) is 0 Å². The van der Waals surface area contributed by atoms with Gasteiger partial charge in [-0.05, 0) is 18.8 Å². The van der Waals surface area contributed by atoms with Crippen LogP contribution in [0.1, 0.15) is 46.0 Å². The second-order valence-corrected chi connectivity index (χ2v) is 5.24.